The molecule has 0 aliphatic heterocycles. The molecule has 25 heavy (non-hydrogen) atoms. The van der Waals surface area contributed by atoms with Gasteiger partial charge in [-0.25, -0.2) is 9.78 Å². The molecule has 0 fully saturated rings. The number of esters is 1. The van der Waals surface area contributed by atoms with E-state index in [1.54, 1.807) is 13.0 Å². The van der Waals surface area contributed by atoms with Crippen LogP contribution in [-0.4, -0.2) is 36.1 Å². The Labute approximate surface area is 149 Å². The van der Waals surface area contributed by atoms with Crippen molar-refractivity contribution in [3.8, 4) is 0 Å². The summed E-state index contributed by atoms with van der Waals surface area (Å²) in [5.41, 5.74) is 2.02. The zero-order valence-corrected chi connectivity index (χ0v) is 15.4. The highest BCUT2D eigenvalue weighted by molar-refractivity contribution is 5.96. The predicted molar refractivity (Wildman–Crippen MR) is 101 cm³/mol. The Morgan fingerprint density at radius 1 is 1.24 bits per heavy atom. The summed E-state index contributed by atoms with van der Waals surface area (Å²) in [4.78, 5) is 23.2. The molecule has 0 saturated carbocycles. The number of nitrogens with one attached hydrogen (secondary N) is 1. The van der Waals surface area contributed by atoms with Crippen LogP contribution in [-0.2, 0) is 4.74 Å². The second-order valence-electron chi connectivity index (χ2n) is 5.86. The maximum Gasteiger partial charge on any atom is 0.340 e. The summed E-state index contributed by atoms with van der Waals surface area (Å²) in [6.07, 6.45) is 2.20. The fourth-order valence-electron chi connectivity index (χ4n) is 2.40. The highest BCUT2D eigenvalue weighted by Gasteiger charge is 2.13. The second kappa shape index (κ2) is 9.01. The third kappa shape index (κ3) is 5.17. The van der Waals surface area contributed by atoms with Crippen LogP contribution in [0.1, 0.15) is 42.7 Å². The fraction of sp³-hybridized carbons (Fsp3) is 0.421. The van der Waals surface area contributed by atoms with E-state index < -0.39 is 0 Å². The van der Waals surface area contributed by atoms with Crippen molar-refractivity contribution >= 4 is 23.4 Å². The summed E-state index contributed by atoms with van der Waals surface area (Å²) in [6, 6.07) is 9.12. The van der Waals surface area contributed by atoms with E-state index in [4.69, 9.17) is 4.74 Å². The molecule has 1 aromatic carbocycles. The third-order valence-electron chi connectivity index (χ3n) is 3.72. The molecule has 0 amide bonds. The lowest BCUT2D eigenvalue weighted by atomic mass is 10.2. The van der Waals surface area contributed by atoms with Crippen LogP contribution in [0.15, 0.2) is 30.3 Å². The van der Waals surface area contributed by atoms with Crippen molar-refractivity contribution in [2.45, 2.75) is 33.6 Å². The van der Waals surface area contributed by atoms with Gasteiger partial charge in [-0.2, -0.15) is 4.98 Å². The van der Waals surface area contributed by atoms with Gasteiger partial charge in [-0.1, -0.05) is 25.5 Å². The first-order valence-corrected chi connectivity index (χ1v) is 8.65. The number of ether oxygens (including phenoxy) is 1. The normalized spacial score (nSPS) is 10.4. The molecular weight excluding hydrogens is 316 g/mol. The second-order valence-corrected chi connectivity index (χ2v) is 5.86. The molecule has 0 radical (unpaired) electrons. The molecule has 1 aromatic heterocycles. The molecule has 2 aromatic rings. The molecule has 0 bridgehead atoms. The maximum atomic E-state index is 12.1. The summed E-state index contributed by atoms with van der Waals surface area (Å²) in [5.74, 6) is 0.976. The Morgan fingerprint density at radius 2 is 2.00 bits per heavy atom. The van der Waals surface area contributed by atoms with Gasteiger partial charge < -0.3 is 15.0 Å². The summed E-state index contributed by atoms with van der Waals surface area (Å²) >= 11 is 0. The number of para-hydroxylation sites is 1. The molecule has 0 unspecified atom stereocenters. The number of rotatable bonds is 8. The molecule has 0 spiro atoms. The van der Waals surface area contributed by atoms with Crippen molar-refractivity contribution in [2.24, 2.45) is 0 Å². The van der Waals surface area contributed by atoms with E-state index in [-0.39, 0.29) is 5.97 Å². The monoisotopic (exact) mass is 342 g/mol. The minimum Gasteiger partial charge on any atom is -0.462 e. The van der Waals surface area contributed by atoms with Crippen molar-refractivity contribution in [2.75, 3.05) is 30.4 Å². The van der Waals surface area contributed by atoms with Crippen LogP contribution < -0.4 is 10.2 Å². The summed E-state index contributed by atoms with van der Waals surface area (Å²) in [5, 5.41) is 3.23. The molecule has 0 saturated heterocycles. The predicted octanol–water partition coefficient (Wildman–Crippen LogP) is 3.94. The van der Waals surface area contributed by atoms with Crippen LogP contribution in [0.4, 0.5) is 17.5 Å². The van der Waals surface area contributed by atoms with Crippen molar-refractivity contribution in [1.82, 2.24) is 9.97 Å². The number of hydrogen-bond donors (Lipinski definition) is 1. The van der Waals surface area contributed by atoms with Gasteiger partial charge in [-0.3, -0.25) is 0 Å². The van der Waals surface area contributed by atoms with E-state index in [1.165, 1.54) is 0 Å². The Hall–Kier alpha value is -2.63. The number of hydrogen-bond acceptors (Lipinski definition) is 6. The van der Waals surface area contributed by atoms with E-state index in [0.717, 1.165) is 25.1 Å². The van der Waals surface area contributed by atoms with Gasteiger partial charge in [-0.05, 0) is 32.4 Å². The Morgan fingerprint density at radius 3 is 2.72 bits per heavy atom. The zero-order chi connectivity index (χ0) is 18.2. The van der Waals surface area contributed by atoms with Gasteiger partial charge in [0.2, 0.25) is 5.95 Å². The maximum absolute atomic E-state index is 12.1. The first-order chi connectivity index (χ1) is 12.0. The van der Waals surface area contributed by atoms with Gasteiger partial charge in [0, 0.05) is 25.4 Å². The summed E-state index contributed by atoms with van der Waals surface area (Å²) in [7, 11) is 1.99. The zero-order valence-electron chi connectivity index (χ0n) is 15.4. The number of benzene rings is 1. The van der Waals surface area contributed by atoms with Gasteiger partial charge in [0.15, 0.2) is 0 Å². The van der Waals surface area contributed by atoms with E-state index in [1.807, 2.05) is 43.1 Å². The summed E-state index contributed by atoms with van der Waals surface area (Å²) in [6.45, 7) is 7.12. The molecule has 134 valence electrons. The first kappa shape index (κ1) is 18.7. The van der Waals surface area contributed by atoms with Crippen molar-refractivity contribution in [1.29, 1.82) is 0 Å². The Bertz CT molecular complexity index is 718. The average Bonchev–Trinajstić information content (AvgIpc) is 2.59. The van der Waals surface area contributed by atoms with Gasteiger partial charge in [0.05, 0.1) is 17.9 Å². The fourth-order valence-corrected chi connectivity index (χ4v) is 2.40. The lowest BCUT2D eigenvalue weighted by molar-refractivity contribution is 0.0527. The van der Waals surface area contributed by atoms with E-state index in [9.17, 15) is 4.79 Å². The standard InChI is InChI=1S/C19H26N4O2/c1-5-7-12-23(4)19-20-14(3)13-17(22-19)21-16-11-9-8-10-15(16)18(24)25-6-2/h8-11,13H,5-7,12H2,1-4H3,(H,20,21,22). The largest absolute Gasteiger partial charge is 0.462 e. The van der Waals surface area contributed by atoms with Crippen LogP contribution in [0.5, 0.6) is 0 Å². The molecular formula is C19H26N4O2. The van der Waals surface area contributed by atoms with Crippen LogP contribution in [0.25, 0.3) is 0 Å². The van der Waals surface area contributed by atoms with Crippen molar-refractivity contribution < 1.29 is 9.53 Å². The number of unbranched alkanes of at least 4 members (excludes halogenated alkanes) is 1. The average molecular weight is 342 g/mol. The minimum atomic E-state index is -0.350. The number of aromatic nitrogens is 2. The highest BCUT2D eigenvalue weighted by Crippen LogP contribution is 2.22. The van der Waals surface area contributed by atoms with Crippen LogP contribution >= 0.6 is 0 Å². The molecule has 2 rings (SSSR count). The quantitative estimate of drug-likeness (QED) is 0.733. The molecule has 0 atom stereocenters. The molecule has 0 aliphatic rings. The van der Waals surface area contributed by atoms with Crippen LogP contribution in [0.3, 0.4) is 0 Å². The molecule has 6 nitrogen and oxygen atoms in total. The van der Waals surface area contributed by atoms with E-state index in [2.05, 4.69) is 22.2 Å². The highest BCUT2D eigenvalue weighted by atomic mass is 16.5. The van der Waals surface area contributed by atoms with E-state index in [0.29, 0.717) is 29.6 Å². The number of carbonyl (C=O) groups is 1. The lowest BCUT2D eigenvalue weighted by Crippen LogP contribution is -2.21. The topological polar surface area (TPSA) is 67.4 Å². The molecule has 6 heteroatoms. The van der Waals surface area contributed by atoms with Gasteiger partial charge >= 0.3 is 5.97 Å². The first-order valence-electron chi connectivity index (χ1n) is 8.65. The smallest absolute Gasteiger partial charge is 0.340 e. The van der Waals surface area contributed by atoms with Gasteiger partial charge in [0.25, 0.3) is 0 Å². The Balaban J connectivity index is 2.26. The van der Waals surface area contributed by atoms with E-state index >= 15 is 0 Å². The van der Waals surface area contributed by atoms with Crippen molar-refractivity contribution in [3.05, 3.63) is 41.6 Å². The number of carbonyl (C=O) groups excluding carboxylic acids is 1. The number of nitrogens with zero attached hydrogens (tertiary/aromatic N) is 3. The minimum absolute atomic E-state index is 0.339. The number of anilines is 3. The number of aryl methyl sites for hydroxylation is 1. The van der Waals surface area contributed by atoms with Crippen LogP contribution in [0, 0.1) is 6.92 Å². The molecule has 1 N–H and O–H groups in total. The Kier molecular flexibility index (Phi) is 6.74. The lowest BCUT2D eigenvalue weighted by Gasteiger charge is -2.18. The molecule has 0 aliphatic carbocycles. The van der Waals surface area contributed by atoms with Gasteiger partial charge in [0.1, 0.15) is 5.82 Å². The summed E-state index contributed by atoms with van der Waals surface area (Å²) < 4.78 is 5.12. The third-order valence-corrected chi connectivity index (χ3v) is 3.72. The van der Waals surface area contributed by atoms with Gasteiger partial charge in [-0.15, -0.1) is 0 Å². The van der Waals surface area contributed by atoms with Crippen LogP contribution in [0.2, 0.25) is 0 Å². The SMILES string of the molecule is CCCCN(C)c1nc(C)cc(Nc2ccccc2C(=O)OCC)n1. The van der Waals surface area contributed by atoms with Crippen molar-refractivity contribution in [3.63, 3.8) is 0 Å². The molecule has 1 heterocycles.